The summed E-state index contributed by atoms with van der Waals surface area (Å²) >= 11 is 0. The number of carbonyl (C=O) groups excluding carboxylic acids is 1. The number of carbonyl (C=O) groups is 1. The van der Waals surface area contributed by atoms with Crippen molar-refractivity contribution in [2.24, 2.45) is 11.8 Å². The van der Waals surface area contributed by atoms with Gasteiger partial charge in [0.15, 0.2) is 0 Å². The number of hydrogen-bond donors (Lipinski definition) is 1. The molecule has 2 fully saturated rings. The molecule has 2 aliphatic rings. The third-order valence-electron chi connectivity index (χ3n) is 5.96. The van der Waals surface area contributed by atoms with Gasteiger partial charge in [0.2, 0.25) is 0 Å². The van der Waals surface area contributed by atoms with Gasteiger partial charge in [0.1, 0.15) is 0 Å². The van der Waals surface area contributed by atoms with Gasteiger partial charge >= 0.3 is 6.09 Å². The third-order valence-corrected chi connectivity index (χ3v) is 7.66. The predicted octanol–water partition coefficient (Wildman–Crippen LogP) is 3.66. The number of aliphatic hydroxyl groups is 1. The zero-order chi connectivity index (χ0) is 19.0. The van der Waals surface area contributed by atoms with Crippen LogP contribution in [0.15, 0.2) is 0 Å². The summed E-state index contributed by atoms with van der Waals surface area (Å²) in [5.41, 5.74) is 0. The summed E-state index contributed by atoms with van der Waals surface area (Å²) in [4.78, 5) is 16.6. The van der Waals surface area contributed by atoms with Crippen LogP contribution in [0.2, 0.25) is 25.7 Å². The van der Waals surface area contributed by atoms with Gasteiger partial charge in [-0.3, -0.25) is 0 Å². The average molecular weight is 385 g/mol. The van der Waals surface area contributed by atoms with E-state index in [9.17, 15) is 4.79 Å². The molecule has 0 aromatic carbocycles. The van der Waals surface area contributed by atoms with Crippen LogP contribution in [-0.4, -0.2) is 75.0 Å². The number of likely N-dealkylation sites (tertiary alicyclic amines) is 2. The second-order valence-electron chi connectivity index (χ2n) is 9.45. The molecule has 0 atom stereocenters. The van der Waals surface area contributed by atoms with Gasteiger partial charge in [-0.1, -0.05) is 19.6 Å². The molecule has 0 aliphatic carbocycles. The quantitative estimate of drug-likeness (QED) is 0.649. The molecule has 5 nitrogen and oxygen atoms in total. The Balaban J connectivity index is 1.59. The molecule has 26 heavy (non-hydrogen) atoms. The Bertz CT molecular complexity index is 412. The van der Waals surface area contributed by atoms with E-state index in [0.717, 1.165) is 56.8 Å². The zero-order valence-corrected chi connectivity index (χ0v) is 18.2. The molecule has 0 bridgehead atoms. The maximum atomic E-state index is 12.2. The molecule has 1 N–H and O–H groups in total. The zero-order valence-electron chi connectivity index (χ0n) is 17.2. The summed E-state index contributed by atoms with van der Waals surface area (Å²) in [5, 5.41) is 8.95. The first-order valence-electron chi connectivity index (χ1n) is 10.6. The largest absolute Gasteiger partial charge is 0.450 e. The van der Waals surface area contributed by atoms with Crippen molar-refractivity contribution in [2.75, 3.05) is 45.9 Å². The molecule has 2 aliphatic heterocycles. The molecule has 0 saturated carbocycles. The highest BCUT2D eigenvalue weighted by Gasteiger charge is 2.27. The van der Waals surface area contributed by atoms with Crippen LogP contribution in [0.4, 0.5) is 4.79 Å². The van der Waals surface area contributed by atoms with E-state index >= 15 is 0 Å². The van der Waals surface area contributed by atoms with Crippen molar-refractivity contribution in [1.29, 1.82) is 0 Å². The Hall–Kier alpha value is -0.593. The lowest BCUT2D eigenvalue weighted by Crippen LogP contribution is -2.40. The number of nitrogens with zero attached hydrogens (tertiary/aromatic N) is 2. The Morgan fingerprint density at radius 3 is 2.15 bits per heavy atom. The van der Waals surface area contributed by atoms with Crippen LogP contribution in [0, 0.1) is 11.8 Å². The Morgan fingerprint density at radius 2 is 1.62 bits per heavy atom. The monoisotopic (exact) mass is 384 g/mol. The second kappa shape index (κ2) is 10.7. The van der Waals surface area contributed by atoms with Crippen LogP contribution in [0.3, 0.4) is 0 Å². The van der Waals surface area contributed by atoms with Crippen LogP contribution in [0.5, 0.6) is 0 Å². The normalized spacial score (nSPS) is 21.2. The van der Waals surface area contributed by atoms with Crippen LogP contribution in [0.25, 0.3) is 0 Å². The smallest absolute Gasteiger partial charge is 0.409 e. The molecule has 1 amide bonds. The molecule has 2 saturated heterocycles. The highest BCUT2D eigenvalue weighted by atomic mass is 28.3. The average Bonchev–Trinajstić information content (AvgIpc) is 2.60. The molecule has 0 radical (unpaired) electrons. The lowest BCUT2D eigenvalue weighted by molar-refractivity contribution is 0.0850. The number of piperidine rings is 2. The maximum absolute atomic E-state index is 12.2. The minimum atomic E-state index is -1.13. The van der Waals surface area contributed by atoms with E-state index in [1.54, 1.807) is 0 Å². The number of aliphatic hydroxyl groups excluding tert-OH is 1. The van der Waals surface area contributed by atoms with E-state index in [4.69, 9.17) is 9.84 Å². The number of hydrogen-bond acceptors (Lipinski definition) is 4. The Morgan fingerprint density at radius 1 is 1.04 bits per heavy atom. The van der Waals surface area contributed by atoms with Crippen LogP contribution in [0.1, 0.15) is 38.5 Å². The molecular formula is C20H40N2O3Si. The fraction of sp³-hybridized carbons (Fsp3) is 0.950. The maximum Gasteiger partial charge on any atom is 0.409 e. The summed E-state index contributed by atoms with van der Waals surface area (Å²) in [6.45, 7) is 13.0. The van der Waals surface area contributed by atoms with Gasteiger partial charge in [-0.2, -0.15) is 0 Å². The van der Waals surface area contributed by atoms with Crippen LogP contribution < -0.4 is 0 Å². The minimum Gasteiger partial charge on any atom is -0.450 e. The molecular weight excluding hydrogens is 344 g/mol. The van der Waals surface area contributed by atoms with Crippen molar-refractivity contribution in [3.8, 4) is 0 Å². The van der Waals surface area contributed by atoms with Crippen molar-refractivity contribution in [1.82, 2.24) is 9.80 Å². The fourth-order valence-electron chi connectivity index (χ4n) is 4.10. The number of rotatable bonds is 8. The summed E-state index contributed by atoms with van der Waals surface area (Å²) in [6.07, 6.45) is 6.99. The van der Waals surface area contributed by atoms with E-state index < -0.39 is 8.07 Å². The van der Waals surface area contributed by atoms with Gasteiger partial charge in [-0.25, -0.2) is 4.79 Å². The van der Waals surface area contributed by atoms with E-state index in [1.165, 1.54) is 32.4 Å². The summed E-state index contributed by atoms with van der Waals surface area (Å²) in [5.74, 6) is 1.62. The molecule has 0 aromatic heterocycles. The van der Waals surface area contributed by atoms with Gasteiger partial charge in [0, 0.05) is 34.3 Å². The second-order valence-corrected chi connectivity index (χ2v) is 15.1. The number of ether oxygens (including phenoxy) is 1. The Labute approximate surface area is 161 Å². The topological polar surface area (TPSA) is 53.0 Å². The minimum absolute atomic E-state index is 0.0982. The first kappa shape index (κ1) is 21.7. The molecule has 2 rings (SSSR count). The van der Waals surface area contributed by atoms with Crippen molar-refractivity contribution >= 4 is 14.2 Å². The molecule has 0 aromatic rings. The standard InChI is InChI=1S/C20H40N2O3Si/c1-26(2,3)16-15-25-20(24)22-12-7-19(8-13-22)17-18-5-10-21(11-6-18)9-4-14-23/h18-19,23H,4-17H2,1-3H3. The van der Waals surface area contributed by atoms with Gasteiger partial charge in [0.25, 0.3) is 0 Å². The van der Waals surface area contributed by atoms with E-state index in [0.29, 0.717) is 13.2 Å². The SMILES string of the molecule is C[Si](C)(C)CCOC(=O)N1CCC(CC2CCN(CCCO)CC2)CC1. The molecule has 6 heteroatoms. The predicted molar refractivity (Wildman–Crippen MR) is 109 cm³/mol. The van der Waals surface area contributed by atoms with Crippen molar-refractivity contribution in [3.63, 3.8) is 0 Å². The van der Waals surface area contributed by atoms with E-state index in [-0.39, 0.29) is 6.09 Å². The fourth-order valence-corrected chi connectivity index (χ4v) is 4.81. The summed E-state index contributed by atoms with van der Waals surface area (Å²) in [6, 6.07) is 1.05. The first-order chi connectivity index (χ1) is 12.4. The highest BCUT2D eigenvalue weighted by molar-refractivity contribution is 6.76. The lowest BCUT2D eigenvalue weighted by Gasteiger charge is -2.36. The summed E-state index contributed by atoms with van der Waals surface area (Å²) in [7, 11) is -1.13. The van der Waals surface area contributed by atoms with Gasteiger partial charge in [-0.05, 0) is 69.5 Å². The van der Waals surface area contributed by atoms with Gasteiger partial charge in [0.05, 0.1) is 6.61 Å². The first-order valence-corrected chi connectivity index (χ1v) is 14.3. The van der Waals surface area contributed by atoms with Crippen LogP contribution in [-0.2, 0) is 4.74 Å². The molecule has 0 spiro atoms. The van der Waals surface area contributed by atoms with Crippen LogP contribution >= 0.6 is 0 Å². The molecule has 0 unspecified atom stereocenters. The van der Waals surface area contributed by atoms with Crippen molar-refractivity contribution in [3.05, 3.63) is 0 Å². The Kier molecular flexibility index (Phi) is 8.90. The summed E-state index contributed by atoms with van der Waals surface area (Å²) < 4.78 is 5.49. The van der Waals surface area contributed by atoms with Crippen molar-refractivity contribution < 1.29 is 14.6 Å². The van der Waals surface area contributed by atoms with Gasteiger partial charge in [-0.15, -0.1) is 0 Å². The highest BCUT2D eigenvalue weighted by Crippen LogP contribution is 2.30. The molecule has 2 heterocycles. The van der Waals surface area contributed by atoms with Gasteiger partial charge < -0.3 is 19.6 Å². The third kappa shape index (κ3) is 7.97. The lowest BCUT2D eigenvalue weighted by atomic mass is 9.83. The van der Waals surface area contributed by atoms with E-state index in [1.807, 2.05) is 4.90 Å². The molecule has 152 valence electrons. The van der Waals surface area contributed by atoms with Crippen molar-refractivity contribution in [2.45, 2.75) is 64.2 Å². The van der Waals surface area contributed by atoms with E-state index in [2.05, 4.69) is 24.5 Å². The number of amides is 1.